The molecule has 0 radical (unpaired) electrons. The Morgan fingerprint density at radius 3 is 2.87 bits per heavy atom. The smallest absolute Gasteiger partial charge is 0.0302 e. The van der Waals surface area contributed by atoms with Crippen LogP contribution in [0.2, 0.25) is 0 Å². The van der Waals surface area contributed by atoms with Gasteiger partial charge in [-0.1, -0.05) is 20.3 Å². The number of rotatable bonds is 3. The fourth-order valence-corrected chi connectivity index (χ4v) is 3.31. The SMILES string of the molecule is CC(NC1CCCC1(C)C)c1ccsc1. The Bertz CT molecular complexity index is 302. The van der Waals surface area contributed by atoms with E-state index in [1.165, 1.54) is 24.8 Å². The molecule has 2 rings (SSSR count). The molecule has 0 spiro atoms. The molecule has 2 heteroatoms. The molecule has 15 heavy (non-hydrogen) atoms. The van der Waals surface area contributed by atoms with Crippen molar-refractivity contribution < 1.29 is 0 Å². The Hall–Kier alpha value is -0.340. The molecule has 0 saturated heterocycles. The first-order valence-corrected chi connectivity index (χ1v) is 6.82. The third-order valence-corrected chi connectivity index (χ3v) is 4.45. The zero-order valence-electron chi connectivity index (χ0n) is 9.92. The second-order valence-electron chi connectivity index (χ2n) is 5.38. The fraction of sp³-hybridized carbons (Fsp3) is 0.692. The van der Waals surface area contributed by atoms with Crippen molar-refractivity contribution in [3.05, 3.63) is 22.4 Å². The van der Waals surface area contributed by atoms with Gasteiger partial charge < -0.3 is 5.32 Å². The van der Waals surface area contributed by atoms with Gasteiger partial charge >= 0.3 is 0 Å². The van der Waals surface area contributed by atoms with Gasteiger partial charge in [-0.2, -0.15) is 11.3 Å². The zero-order chi connectivity index (χ0) is 10.9. The van der Waals surface area contributed by atoms with Crippen molar-refractivity contribution in [2.45, 2.75) is 52.1 Å². The van der Waals surface area contributed by atoms with Crippen LogP contribution >= 0.6 is 11.3 Å². The van der Waals surface area contributed by atoms with E-state index in [4.69, 9.17) is 0 Å². The molecule has 0 aromatic carbocycles. The molecule has 1 fully saturated rings. The lowest BCUT2D eigenvalue weighted by molar-refractivity contribution is 0.266. The minimum atomic E-state index is 0.476. The summed E-state index contributed by atoms with van der Waals surface area (Å²) in [6, 6.07) is 3.41. The van der Waals surface area contributed by atoms with Crippen LogP contribution in [-0.4, -0.2) is 6.04 Å². The van der Waals surface area contributed by atoms with Crippen LogP contribution in [0.15, 0.2) is 16.8 Å². The van der Waals surface area contributed by atoms with Crippen LogP contribution in [0.3, 0.4) is 0 Å². The topological polar surface area (TPSA) is 12.0 Å². The van der Waals surface area contributed by atoms with E-state index in [1.807, 2.05) is 0 Å². The van der Waals surface area contributed by atoms with E-state index in [2.05, 4.69) is 42.9 Å². The fourth-order valence-electron chi connectivity index (χ4n) is 2.56. The van der Waals surface area contributed by atoms with Crippen molar-refractivity contribution in [3.63, 3.8) is 0 Å². The minimum absolute atomic E-state index is 0.476. The number of hydrogen-bond acceptors (Lipinski definition) is 2. The molecule has 84 valence electrons. The highest BCUT2D eigenvalue weighted by Crippen LogP contribution is 2.38. The normalized spacial score (nSPS) is 26.7. The van der Waals surface area contributed by atoms with Crippen molar-refractivity contribution in [1.29, 1.82) is 0 Å². The first-order chi connectivity index (χ1) is 7.09. The van der Waals surface area contributed by atoms with E-state index in [0.717, 1.165) is 0 Å². The lowest BCUT2D eigenvalue weighted by Crippen LogP contribution is -2.39. The first-order valence-electron chi connectivity index (χ1n) is 5.88. The Labute approximate surface area is 96.9 Å². The van der Waals surface area contributed by atoms with Gasteiger partial charge in [-0.15, -0.1) is 0 Å². The van der Waals surface area contributed by atoms with Crippen LogP contribution in [0.1, 0.15) is 51.6 Å². The molecule has 1 saturated carbocycles. The average Bonchev–Trinajstić information content (AvgIpc) is 2.76. The summed E-state index contributed by atoms with van der Waals surface area (Å²) in [5.41, 5.74) is 1.91. The van der Waals surface area contributed by atoms with Crippen molar-refractivity contribution in [3.8, 4) is 0 Å². The monoisotopic (exact) mass is 223 g/mol. The zero-order valence-corrected chi connectivity index (χ0v) is 10.7. The molecule has 1 aliphatic rings. The van der Waals surface area contributed by atoms with Gasteiger partial charge in [-0.25, -0.2) is 0 Å². The van der Waals surface area contributed by atoms with Gasteiger partial charge in [0.1, 0.15) is 0 Å². The summed E-state index contributed by atoms with van der Waals surface area (Å²) < 4.78 is 0. The molecular weight excluding hydrogens is 202 g/mol. The number of nitrogens with one attached hydrogen (secondary N) is 1. The molecule has 1 aliphatic carbocycles. The van der Waals surface area contributed by atoms with E-state index in [9.17, 15) is 0 Å². The second-order valence-corrected chi connectivity index (χ2v) is 6.16. The maximum absolute atomic E-state index is 3.78. The molecule has 0 amide bonds. The Morgan fingerprint density at radius 2 is 2.33 bits per heavy atom. The van der Waals surface area contributed by atoms with Gasteiger partial charge in [0.2, 0.25) is 0 Å². The van der Waals surface area contributed by atoms with Gasteiger partial charge in [0.05, 0.1) is 0 Å². The molecule has 2 unspecified atom stereocenters. The quantitative estimate of drug-likeness (QED) is 0.817. The van der Waals surface area contributed by atoms with E-state index in [1.54, 1.807) is 11.3 Å². The van der Waals surface area contributed by atoms with Crippen molar-refractivity contribution in [1.82, 2.24) is 5.32 Å². The highest BCUT2D eigenvalue weighted by atomic mass is 32.1. The molecule has 1 nitrogen and oxygen atoms in total. The highest BCUT2D eigenvalue weighted by molar-refractivity contribution is 7.07. The van der Waals surface area contributed by atoms with Crippen LogP contribution in [0, 0.1) is 5.41 Å². The van der Waals surface area contributed by atoms with Crippen LogP contribution in [0.25, 0.3) is 0 Å². The van der Waals surface area contributed by atoms with E-state index in [-0.39, 0.29) is 0 Å². The predicted octanol–water partition coefficient (Wildman–Crippen LogP) is 3.98. The Kier molecular flexibility index (Phi) is 3.17. The third-order valence-electron chi connectivity index (χ3n) is 3.75. The van der Waals surface area contributed by atoms with Crippen LogP contribution in [-0.2, 0) is 0 Å². The van der Waals surface area contributed by atoms with Crippen molar-refractivity contribution >= 4 is 11.3 Å². The molecule has 0 aliphatic heterocycles. The van der Waals surface area contributed by atoms with E-state index >= 15 is 0 Å². The molecule has 1 heterocycles. The number of thiophene rings is 1. The minimum Gasteiger partial charge on any atom is -0.307 e. The molecule has 2 atom stereocenters. The summed E-state index contributed by atoms with van der Waals surface area (Å²) in [6.07, 6.45) is 4.07. The second kappa shape index (κ2) is 4.26. The summed E-state index contributed by atoms with van der Waals surface area (Å²) >= 11 is 1.79. The van der Waals surface area contributed by atoms with E-state index < -0.39 is 0 Å². The summed E-state index contributed by atoms with van der Waals surface area (Å²) in [5.74, 6) is 0. The maximum atomic E-state index is 3.78. The number of hydrogen-bond donors (Lipinski definition) is 1. The highest BCUT2D eigenvalue weighted by Gasteiger charge is 2.34. The Morgan fingerprint density at radius 1 is 1.53 bits per heavy atom. The molecule has 1 N–H and O–H groups in total. The largest absolute Gasteiger partial charge is 0.307 e. The van der Waals surface area contributed by atoms with Crippen molar-refractivity contribution in [2.24, 2.45) is 5.41 Å². The van der Waals surface area contributed by atoms with Gasteiger partial charge in [0, 0.05) is 12.1 Å². The summed E-state index contributed by atoms with van der Waals surface area (Å²) in [5, 5.41) is 8.19. The summed E-state index contributed by atoms with van der Waals surface area (Å²) in [4.78, 5) is 0. The van der Waals surface area contributed by atoms with Gasteiger partial charge in [0.25, 0.3) is 0 Å². The van der Waals surface area contributed by atoms with E-state index in [0.29, 0.717) is 17.5 Å². The Balaban J connectivity index is 1.97. The lowest BCUT2D eigenvalue weighted by Gasteiger charge is -2.30. The van der Waals surface area contributed by atoms with Crippen LogP contribution < -0.4 is 5.32 Å². The molecule has 0 bridgehead atoms. The van der Waals surface area contributed by atoms with Gasteiger partial charge in [-0.3, -0.25) is 0 Å². The maximum Gasteiger partial charge on any atom is 0.0302 e. The van der Waals surface area contributed by atoms with Gasteiger partial charge in [-0.05, 0) is 47.6 Å². The lowest BCUT2D eigenvalue weighted by atomic mass is 9.87. The third kappa shape index (κ3) is 2.43. The van der Waals surface area contributed by atoms with Crippen LogP contribution in [0.5, 0.6) is 0 Å². The molecule has 1 aromatic heterocycles. The van der Waals surface area contributed by atoms with Crippen molar-refractivity contribution in [2.75, 3.05) is 0 Å². The molecular formula is C13H21NS. The van der Waals surface area contributed by atoms with Crippen LogP contribution in [0.4, 0.5) is 0 Å². The first kappa shape index (κ1) is 11.2. The van der Waals surface area contributed by atoms with Gasteiger partial charge in [0.15, 0.2) is 0 Å². The summed E-state index contributed by atoms with van der Waals surface area (Å²) in [7, 11) is 0. The summed E-state index contributed by atoms with van der Waals surface area (Å²) in [6.45, 7) is 7.05. The molecule has 1 aromatic rings. The average molecular weight is 223 g/mol. The standard InChI is InChI=1S/C13H21NS/c1-10(11-6-8-15-9-11)14-12-5-4-7-13(12,2)3/h6,8-10,12,14H,4-5,7H2,1-3H3. The predicted molar refractivity (Wildman–Crippen MR) is 67.3 cm³/mol.